The highest BCUT2D eigenvalue weighted by Crippen LogP contribution is 2.44. The van der Waals surface area contributed by atoms with Crippen molar-refractivity contribution in [1.29, 1.82) is 0 Å². The van der Waals surface area contributed by atoms with E-state index in [0.29, 0.717) is 19.4 Å². The highest BCUT2D eigenvalue weighted by atomic mass is 16.6. The average Bonchev–Trinajstić information content (AvgIpc) is 3.57. The molecule has 0 radical (unpaired) electrons. The first kappa shape index (κ1) is 29.9. The molecule has 0 aromatic heterocycles. The minimum absolute atomic E-state index is 0.0751. The molecule has 0 saturated carbocycles. The number of benzene rings is 2. The molecular formula is C31H40N4O6. The van der Waals surface area contributed by atoms with Crippen molar-refractivity contribution in [1.82, 2.24) is 20.9 Å². The lowest BCUT2D eigenvalue weighted by atomic mass is 9.98. The summed E-state index contributed by atoms with van der Waals surface area (Å²) in [7, 11) is 1.26. The van der Waals surface area contributed by atoms with Gasteiger partial charge in [0.25, 0.3) is 0 Å². The molecule has 41 heavy (non-hydrogen) atoms. The van der Waals surface area contributed by atoms with E-state index in [0.717, 1.165) is 22.3 Å². The van der Waals surface area contributed by atoms with Crippen LogP contribution in [-0.4, -0.2) is 67.4 Å². The number of carbonyl (C=O) groups excluding carboxylic acids is 4. The molecule has 1 heterocycles. The normalized spacial score (nSPS) is 17.4. The third-order valence-electron chi connectivity index (χ3n) is 7.79. The molecule has 2 aromatic carbocycles. The first-order chi connectivity index (χ1) is 19.6. The van der Waals surface area contributed by atoms with Crippen LogP contribution in [0, 0.1) is 11.8 Å². The SMILES string of the molecule is COC(=O)[C@@H](NC(=O)N[C@@H](NC(=O)[C@@H]1CCCN1C(=O)OCC1c2ccccc2-c2ccccc21)C(C)C)C(C)C. The van der Waals surface area contributed by atoms with Gasteiger partial charge in [-0.1, -0.05) is 76.2 Å². The zero-order valence-corrected chi connectivity index (χ0v) is 24.3. The summed E-state index contributed by atoms with van der Waals surface area (Å²) in [5.74, 6) is -1.35. The number of hydrogen-bond donors (Lipinski definition) is 3. The van der Waals surface area contributed by atoms with Crippen LogP contribution < -0.4 is 16.0 Å². The van der Waals surface area contributed by atoms with E-state index in [4.69, 9.17) is 9.47 Å². The molecule has 4 amide bonds. The van der Waals surface area contributed by atoms with Crippen LogP contribution in [0.3, 0.4) is 0 Å². The number of methoxy groups -OCH3 is 1. The van der Waals surface area contributed by atoms with Gasteiger partial charge in [-0.2, -0.15) is 0 Å². The molecule has 3 atom stereocenters. The fourth-order valence-electron chi connectivity index (χ4n) is 5.50. The molecule has 3 N–H and O–H groups in total. The van der Waals surface area contributed by atoms with Gasteiger partial charge in [0.1, 0.15) is 24.9 Å². The van der Waals surface area contributed by atoms with Gasteiger partial charge in [-0.25, -0.2) is 14.4 Å². The molecule has 1 saturated heterocycles. The van der Waals surface area contributed by atoms with Gasteiger partial charge in [0.05, 0.1) is 7.11 Å². The van der Waals surface area contributed by atoms with Gasteiger partial charge in [-0.15, -0.1) is 0 Å². The standard InChI is InChI=1S/C31H40N4O6/c1-18(2)26(29(37)40-5)32-30(38)34-27(19(3)4)33-28(36)25-15-10-16-35(25)31(39)41-17-24-22-13-8-6-11-20(22)21-12-7-9-14-23(21)24/h6-9,11-14,18-19,24-27H,10,15-17H2,1-5H3,(H,33,36)(H2,32,34,38)/t25-,26-,27+/m0/s1. The molecule has 1 fully saturated rings. The second-order valence-corrected chi connectivity index (χ2v) is 11.2. The summed E-state index contributed by atoms with van der Waals surface area (Å²) in [6, 6.07) is 14.1. The molecule has 220 valence electrons. The maximum atomic E-state index is 13.3. The highest BCUT2D eigenvalue weighted by molar-refractivity contribution is 5.88. The number of carbonyl (C=O) groups is 4. The van der Waals surface area contributed by atoms with Crippen molar-refractivity contribution in [2.45, 2.75) is 64.7 Å². The number of urea groups is 1. The molecular weight excluding hydrogens is 524 g/mol. The van der Waals surface area contributed by atoms with Crippen molar-refractivity contribution in [3.05, 3.63) is 59.7 Å². The summed E-state index contributed by atoms with van der Waals surface area (Å²) < 4.78 is 10.6. The molecule has 10 nitrogen and oxygen atoms in total. The molecule has 1 aliphatic carbocycles. The zero-order valence-electron chi connectivity index (χ0n) is 24.3. The van der Waals surface area contributed by atoms with E-state index in [1.165, 1.54) is 12.0 Å². The van der Waals surface area contributed by atoms with Gasteiger partial charge in [0.15, 0.2) is 0 Å². The minimum Gasteiger partial charge on any atom is -0.467 e. The summed E-state index contributed by atoms with van der Waals surface area (Å²) >= 11 is 0. The number of likely N-dealkylation sites (tertiary alicyclic amines) is 1. The summed E-state index contributed by atoms with van der Waals surface area (Å²) in [6.07, 6.45) is -0.102. The Bertz CT molecular complexity index is 1230. The molecule has 0 spiro atoms. The Balaban J connectivity index is 1.37. The number of hydrogen-bond acceptors (Lipinski definition) is 6. The first-order valence-electron chi connectivity index (χ1n) is 14.2. The molecule has 4 rings (SSSR count). The lowest BCUT2D eigenvalue weighted by Gasteiger charge is -2.29. The Labute approximate surface area is 241 Å². The first-order valence-corrected chi connectivity index (χ1v) is 14.2. The van der Waals surface area contributed by atoms with E-state index in [9.17, 15) is 19.2 Å². The van der Waals surface area contributed by atoms with Crippen LogP contribution in [0.5, 0.6) is 0 Å². The van der Waals surface area contributed by atoms with Gasteiger partial charge in [-0.3, -0.25) is 9.69 Å². The fourth-order valence-corrected chi connectivity index (χ4v) is 5.50. The van der Waals surface area contributed by atoms with E-state index in [1.807, 2.05) is 38.1 Å². The van der Waals surface area contributed by atoms with Gasteiger partial charge in [-0.05, 0) is 46.9 Å². The number of rotatable bonds is 9. The molecule has 0 bridgehead atoms. The van der Waals surface area contributed by atoms with Crippen molar-refractivity contribution in [3.63, 3.8) is 0 Å². The number of nitrogens with one attached hydrogen (secondary N) is 3. The van der Waals surface area contributed by atoms with Crippen LogP contribution in [0.4, 0.5) is 9.59 Å². The number of nitrogens with zero attached hydrogens (tertiary/aromatic N) is 1. The smallest absolute Gasteiger partial charge is 0.410 e. The lowest BCUT2D eigenvalue weighted by Crippen LogP contribution is -2.59. The number of esters is 1. The highest BCUT2D eigenvalue weighted by Gasteiger charge is 2.38. The molecule has 1 aliphatic heterocycles. The molecule has 2 aliphatic rings. The second kappa shape index (κ2) is 13.1. The largest absolute Gasteiger partial charge is 0.467 e. The predicted octanol–water partition coefficient (Wildman–Crippen LogP) is 4.00. The zero-order chi connectivity index (χ0) is 29.7. The summed E-state index contributed by atoms with van der Waals surface area (Å²) in [6.45, 7) is 7.87. The maximum Gasteiger partial charge on any atom is 0.410 e. The molecule has 10 heteroatoms. The van der Waals surface area contributed by atoms with Crippen LogP contribution in [0.1, 0.15) is 57.6 Å². The predicted molar refractivity (Wildman–Crippen MR) is 154 cm³/mol. The quantitative estimate of drug-likeness (QED) is 0.312. The minimum atomic E-state index is -0.831. The van der Waals surface area contributed by atoms with Crippen LogP contribution >= 0.6 is 0 Å². The Morgan fingerprint density at radius 3 is 2.05 bits per heavy atom. The maximum absolute atomic E-state index is 13.3. The Kier molecular flexibility index (Phi) is 9.52. The fraction of sp³-hybridized carbons (Fsp3) is 0.484. The van der Waals surface area contributed by atoms with Crippen LogP contribution in [0.15, 0.2) is 48.5 Å². The van der Waals surface area contributed by atoms with Gasteiger partial charge in [0.2, 0.25) is 5.91 Å². The Hall–Kier alpha value is -4.08. The van der Waals surface area contributed by atoms with Gasteiger partial charge < -0.3 is 25.4 Å². The second-order valence-electron chi connectivity index (χ2n) is 11.2. The van der Waals surface area contributed by atoms with E-state index < -0.39 is 36.3 Å². The van der Waals surface area contributed by atoms with Crippen molar-refractivity contribution >= 4 is 24.0 Å². The van der Waals surface area contributed by atoms with Crippen LogP contribution in [0.2, 0.25) is 0 Å². The lowest BCUT2D eigenvalue weighted by molar-refractivity contribution is -0.144. The van der Waals surface area contributed by atoms with Crippen LogP contribution in [0.25, 0.3) is 11.1 Å². The topological polar surface area (TPSA) is 126 Å². The average molecular weight is 565 g/mol. The number of fused-ring (bicyclic) bond motifs is 3. The number of amides is 4. The summed E-state index contributed by atoms with van der Waals surface area (Å²) in [4.78, 5) is 52.7. The van der Waals surface area contributed by atoms with E-state index in [2.05, 4.69) is 40.2 Å². The van der Waals surface area contributed by atoms with Gasteiger partial charge in [0, 0.05) is 12.5 Å². The van der Waals surface area contributed by atoms with Crippen molar-refractivity contribution in [2.24, 2.45) is 11.8 Å². The van der Waals surface area contributed by atoms with Crippen molar-refractivity contribution in [2.75, 3.05) is 20.3 Å². The van der Waals surface area contributed by atoms with Crippen molar-refractivity contribution < 1.29 is 28.7 Å². The Morgan fingerprint density at radius 2 is 1.49 bits per heavy atom. The summed E-state index contributed by atoms with van der Waals surface area (Å²) in [5.41, 5.74) is 4.52. The third kappa shape index (κ3) is 6.64. The van der Waals surface area contributed by atoms with Crippen molar-refractivity contribution in [3.8, 4) is 11.1 Å². The van der Waals surface area contributed by atoms with E-state index in [1.54, 1.807) is 13.8 Å². The monoisotopic (exact) mass is 564 g/mol. The summed E-state index contributed by atoms with van der Waals surface area (Å²) in [5, 5.41) is 8.22. The Morgan fingerprint density at radius 1 is 0.878 bits per heavy atom. The van der Waals surface area contributed by atoms with E-state index >= 15 is 0 Å². The van der Waals surface area contributed by atoms with Crippen LogP contribution in [-0.2, 0) is 19.1 Å². The number of ether oxygens (including phenoxy) is 2. The van der Waals surface area contributed by atoms with Gasteiger partial charge >= 0.3 is 18.1 Å². The van der Waals surface area contributed by atoms with E-state index in [-0.39, 0.29) is 30.3 Å². The molecule has 0 unspecified atom stereocenters. The third-order valence-corrected chi connectivity index (χ3v) is 7.79. The molecule has 2 aromatic rings.